The van der Waals surface area contributed by atoms with Gasteiger partial charge in [0.1, 0.15) is 0 Å². The molecule has 0 nitrogen and oxygen atoms in total. The number of halogens is 3. The molecule has 0 N–H and O–H groups in total. The first-order valence-corrected chi connectivity index (χ1v) is 6.88. The summed E-state index contributed by atoms with van der Waals surface area (Å²) in [6.07, 6.45) is 0.485. The predicted octanol–water partition coefficient (Wildman–Crippen LogP) is 4.69. The Bertz CT molecular complexity index is 511. The van der Waals surface area contributed by atoms with Gasteiger partial charge in [-0.15, -0.1) is 0 Å². The van der Waals surface area contributed by atoms with Gasteiger partial charge in [-0.05, 0) is 29.5 Å². The Labute approximate surface area is 114 Å². The lowest BCUT2D eigenvalue weighted by Crippen LogP contribution is -2.06. The molecule has 0 amide bonds. The van der Waals surface area contributed by atoms with Gasteiger partial charge in [0, 0.05) is 5.33 Å². The zero-order chi connectivity index (χ0) is 13.0. The molecule has 0 heterocycles. The minimum absolute atomic E-state index is 0.141. The van der Waals surface area contributed by atoms with E-state index >= 15 is 0 Å². The number of hydrogen-bond acceptors (Lipinski definition) is 0. The smallest absolute Gasteiger partial charge is 0.162 e. The van der Waals surface area contributed by atoms with Crippen molar-refractivity contribution in [1.29, 1.82) is 0 Å². The molecule has 18 heavy (non-hydrogen) atoms. The van der Waals surface area contributed by atoms with Gasteiger partial charge in [-0.3, -0.25) is 0 Å². The van der Waals surface area contributed by atoms with E-state index < -0.39 is 11.6 Å². The zero-order valence-corrected chi connectivity index (χ0v) is 11.3. The normalized spacial score (nSPS) is 12.4. The molecule has 2 aromatic rings. The fourth-order valence-corrected chi connectivity index (χ4v) is 2.56. The Kier molecular flexibility index (Phi) is 4.48. The Balaban J connectivity index is 2.24. The molecule has 0 bridgehead atoms. The fraction of sp³-hybridized carbons (Fsp3) is 0.200. The van der Waals surface area contributed by atoms with Crippen LogP contribution in [0.15, 0.2) is 48.5 Å². The summed E-state index contributed by atoms with van der Waals surface area (Å²) in [6, 6.07) is 14.2. The maximum absolute atomic E-state index is 13.6. The van der Waals surface area contributed by atoms with Crippen LogP contribution in [0.4, 0.5) is 8.78 Å². The van der Waals surface area contributed by atoms with Crippen LogP contribution in [-0.4, -0.2) is 5.33 Å². The quantitative estimate of drug-likeness (QED) is 0.719. The Morgan fingerprint density at radius 3 is 2.33 bits per heavy atom. The zero-order valence-electron chi connectivity index (χ0n) is 9.74. The molecule has 94 valence electrons. The van der Waals surface area contributed by atoms with Crippen LogP contribution in [-0.2, 0) is 6.42 Å². The minimum atomic E-state index is -0.783. The van der Waals surface area contributed by atoms with Crippen LogP contribution in [0.25, 0.3) is 0 Å². The molecule has 0 aliphatic rings. The van der Waals surface area contributed by atoms with Crippen LogP contribution in [0.2, 0.25) is 0 Å². The largest absolute Gasteiger partial charge is 0.204 e. The lowest BCUT2D eigenvalue weighted by molar-refractivity contribution is 0.495. The molecule has 0 radical (unpaired) electrons. The molecule has 3 heteroatoms. The third kappa shape index (κ3) is 2.96. The molecule has 0 aromatic heterocycles. The van der Waals surface area contributed by atoms with Gasteiger partial charge in [-0.25, -0.2) is 8.78 Å². The third-order valence-electron chi connectivity index (χ3n) is 2.96. The number of alkyl halides is 1. The van der Waals surface area contributed by atoms with E-state index in [4.69, 9.17) is 0 Å². The van der Waals surface area contributed by atoms with E-state index in [1.807, 2.05) is 30.3 Å². The Morgan fingerprint density at radius 1 is 0.944 bits per heavy atom. The van der Waals surface area contributed by atoms with Gasteiger partial charge in [-0.1, -0.05) is 58.4 Å². The highest BCUT2D eigenvalue weighted by atomic mass is 79.9. The average molecular weight is 311 g/mol. The molecule has 0 aliphatic carbocycles. The van der Waals surface area contributed by atoms with E-state index in [-0.39, 0.29) is 5.92 Å². The maximum Gasteiger partial charge on any atom is 0.162 e. The molecule has 0 fully saturated rings. The highest BCUT2D eigenvalue weighted by Gasteiger charge is 2.15. The van der Waals surface area contributed by atoms with E-state index in [9.17, 15) is 8.78 Å². The third-order valence-corrected chi connectivity index (χ3v) is 3.74. The van der Waals surface area contributed by atoms with Gasteiger partial charge in [-0.2, -0.15) is 0 Å². The lowest BCUT2D eigenvalue weighted by Gasteiger charge is -2.15. The first kappa shape index (κ1) is 13.2. The summed E-state index contributed by atoms with van der Waals surface area (Å²) in [7, 11) is 0. The highest BCUT2D eigenvalue weighted by molar-refractivity contribution is 9.09. The van der Waals surface area contributed by atoms with Crippen molar-refractivity contribution in [3.8, 4) is 0 Å². The molecular weight excluding hydrogens is 298 g/mol. The Morgan fingerprint density at radius 2 is 1.67 bits per heavy atom. The fourth-order valence-electron chi connectivity index (χ4n) is 1.96. The lowest BCUT2D eigenvalue weighted by atomic mass is 9.93. The molecule has 1 atom stereocenters. The maximum atomic E-state index is 13.6. The summed E-state index contributed by atoms with van der Waals surface area (Å²) >= 11 is 3.44. The van der Waals surface area contributed by atoms with Gasteiger partial charge in [0.25, 0.3) is 0 Å². The van der Waals surface area contributed by atoms with Crippen molar-refractivity contribution in [3.63, 3.8) is 0 Å². The van der Waals surface area contributed by atoms with Crippen molar-refractivity contribution in [2.75, 3.05) is 5.33 Å². The second kappa shape index (κ2) is 6.10. The molecule has 1 unspecified atom stereocenters. The van der Waals surface area contributed by atoms with Gasteiger partial charge >= 0.3 is 0 Å². The van der Waals surface area contributed by atoms with Crippen LogP contribution >= 0.6 is 15.9 Å². The van der Waals surface area contributed by atoms with E-state index in [1.165, 1.54) is 0 Å². The summed E-state index contributed by atoms with van der Waals surface area (Å²) in [6.45, 7) is 0. The van der Waals surface area contributed by atoms with Crippen molar-refractivity contribution in [2.45, 2.75) is 12.3 Å². The van der Waals surface area contributed by atoms with Gasteiger partial charge in [0.05, 0.1) is 0 Å². The first-order chi connectivity index (χ1) is 8.72. The van der Waals surface area contributed by atoms with Crippen molar-refractivity contribution < 1.29 is 8.78 Å². The van der Waals surface area contributed by atoms with Crippen LogP contribution in [0.5, 0.6) is 0 Å². The average Bonchev–Trinajstić information content (AvgIpc) is 2.41. The number of benzene rings is 2. The van der Waals surface area contributed by atoms with E-state index in [0.717, 1.165) is 11.6 Å². The second-order valence-electron chi connectivity index (χ2n) is 4.18. The Hall–Kier alpha value is -1.22. The molecule has 0 aliphatic heterocycles. The van der Waals surface area contributed by atoms with Gasteiger partial charge in [0.2, 0.25) is 0 Å². The molecule has 0 saturated carbocycles. The van der Waals surface area contributed by atoms with Crippen molar-refractivity contribution in [2.24, 2.45) is 0 Å². The topological polar surface area (TPSA) is 0 Å². The molecular formula is C15H13BrF2. The molecule has 2 rings (SSSR count). The van der Waals surface area contributed by atoms with Crippen molar-refractivity contribution in [3.05, 3.63) is 71.3 Å². The van der Waals surface area contributed by atoms with Crippen LogP contribution in [0.3, 0.4) is 0 Å². The van der Waals surface area contributed by atoms with E-state index in [0.29, 0.717) is 17.3 Å². The van der Waals surface area contributed by atoms with Crippen molar-refractivity contribution in [1.82, 2.24) is 0 Å². The monoisotopic (exact) mass is 310 g/mol. The van der Waals surface area contributed by atoms with E-state index in [2.05, 4.69) is 15.9 Å². The van der Waals surface area contributed by atoms with E-state index in [1.54, 1.807) is 12.1 Å². The van der Waals surface area contributed by atoms with Crippen LogP contribution in [0.1, 0.15) is 17.0 Å². The summed E-state index contributed by atoms with van der Waals surface area (Å²) < 4.78 is 26.8. The second-order valence-corrected chi connectivity index (χ2v) is 4.83. The minimum Gasteiger partial charge on any atom is -0.204 e. The van der Waals surface area contributed by atoms with Crippen LogP contribution < -0.4 is 0 Å². The van der Waals surface area contributed by atoms with Crippen molar-refractivity contribution >= 4 is 15.9 Å². The molecule has 0 spiro atoms. The summed E-state index contributed by atoms with van der Waals surface area (Å²) in [5.74, 6) is -1.38. The SMILES string of the molecule is Fc1cccc(CC(CBr)c2ccccc2)c1F. The first-order valence-electron chi connectivity index (χ1n) is 5.76. The number of rotatable bonds is 4. The number of hydrogen-bond donors (Lipinski definition) is 0. The summed E-state index contributed by atoms with van der Waals surface area (Å²) in [5, 5.41) is 0.715. The predicted molar refractivity (Wildman–Crippen MR) is 73.0 cm³/mol. The molecule has 2 aromatic carbocycles. The summed E-state index contributed by atoms with van der Waals surface area (Å²) in [5.41, 5.74) is 1.54. The van der Waals surface area contributed by atoms with Gasteiger partial charge < -0.3 is 0 Å². The highest BCUT2D eigenvalue weighted by Crippen LogP contribution is 2.24. The summed E-state index contributed by atoms with van der Waals surface area (Å²) in [4.78, 5) is 0. The van der Waals surface area contributed by atoms with Crippen LogP contribution in [0, 0.1) is 11.6 Å². The van der Waals surface area contributed by atoms with Gasteiger partial charge in [0.15, 0.2) is 11.6 Å². The molecule has 0 saturated heterocycles. The standard InChI is InChI=1S/C15H13BrF2/c16-10-13(11-5-2-1-3-6-11)9-12-7-4-8-14(17)15(12)18/h1-8,13H,9-10H2.